The maximum absolute atomic E-state index is 5.51. The van der Waals surface area contributed by atoms with Crippen LogP contribution in [-0.2, 0) is 0 Å². The molecule has 1 aliphatic heterocycles. The number of thiocarbonyl (C=S) groups is 1. The van der Waals surface area contributed by atoms with Crippen LogP contribution in [0.5, 0.6) is 0 Å². The van der Waals surface area contributed by atoms with Crippen LogP contribution in [0.4, 0.5) is 0 Å². The monoisotopic (exact) mass is 158 g/mol. The van der Waals surface area contributed by atoms with E-state index in [1.807, 2.05) is 0 Å². The normalized spacial score (nSPS) is 26.5. The van der Waals surface area contributed by atoms with Gasteiger partial charge in [0.15, 0.2) is 5.11 Å². The zero-order valence-electron chi connectivity index (χ0n) is 6.34. The van der Waals surface area contributed by atoms with Crippen molar-refractivity contribution < 1.29 is 0 Å². The lowest BCUT2D eigenvalue weighted by Gasteiger charge is -2.33. The summed E-state index contributed by atoms with van der Waals surface area (Å²) in [6.45, 7) is 3.23. The quantitative estimate of drug-likeness (QED) is 0.535. The lowest BCUT2D eigenvalue weighted by atomic mass is 10.0. The smallest absolute Gasteiger partial charge is 0.166 e. The van der Waals surface area contributed by atoms with E-state index in [4.69, 9.17) is 18.0 Å². The summed E-state index contributed by atoms with van der Waals surface area (Å²) in [4.78, 5) is 2.11. The lowest BCUT2D eigenvalue weighted by molar-refractivity contribution is 0.260. The van der Waals surface area contributed by atoms with Crippen LogP contribution in [0.15, 0.2) is 0 Å². The van der Waals surface area contributed by atoms with Crippen LogP contribution in [0.25, 0.3) is 0 Å². The van der Waals surface area contributed by atoms with Gasteiger partial charge >= 0.3 is 0 Å². The van der Waals surface area contributed by atoms with Crippen LogP contribution in [0.1, 0.15) is 26.2 Å². The Bertz CT molecular complexity index is 136. The molecule has 0 aromatic heterocycles. The first-order valence-electron chi connectivity index (χ1n) is 3.78. The van der Waals surface area contributed by atoms with E-state index in [0.717, 1.165) is 6.54 Å². The molecule has 1 fully saturated rings. The highest BCUT2D eigenvalue weighted by Gasteiger charge is 2.17. The van der Waals surface area contributed by atoms with Crippen LogP contribution in [0.2, 0.25) is 0 Å². The van der Waals surface area contributed by atoms with Gasteiger partial charge in [0.1, 0.15) is 0 Å². The summed E-state index contributed by atoms with van der Waals surface area (Å²) in [7, 11) is 0. The second kappa shape index (κ2) is 3.19. The average Bonchev–Trinajstić information content (AvgIpc) is 1.88. The number of hydrogen-bond acceptors (Lipinski definition) is 1. The summed E-state index contributed by atoms with van der Waals surface area (Å²) in [5.41, 5.74) is 5.51. The molecule has 1 aliphatic rings. The van der Waals surface area contributed by atoms with Crippen molar-refractivity contribution >= 4 is 17.3 Å². The van der Waals surface area contributed by atoms with Gasteiger partial charge in [-0.15, -0.1) is 0 Å². The summed E-state index contributed by atoms with van der Waals surface area (Å²) < 4.78 is 0. The Morgan fingerprint density at radius 1 is 1.60 bits per heavy atom. The zero-order chi connectivity index (χ0) is 7.56. The molecular weight excluding hydrogens is 144 g/mol. The molecule has 3 heteroatoms. The molecule has 0 aliphatic carbocycles. The predicted octanol–water partition coefficient (Wildman–Crippen LogP) is 1.10. The van der Waals surface area contributed by atoms with Gasteiger partial charge in [0, 0.05) is 12.6 Å². The Hall–Kier alpha value is -0.310. The van der Waals surface area contributed by atoms with E-state index in [1.165, 1.54) is 19.3 Å². The number of piperidine rings is 1. The van der Waals surface area contributed by atoms with Crippen LogP contribution in [0, 0.1) is 0 Å². The summed E-state index contributed by atoms with van der Waals surface area (Å²) in [6, 6.07) is 0.561. The molecule has 2 N–H and O–H groups in total. The van der Waals surface area contributed by atoms with Crippen molar-refractivity contribution in [3.05, 3.63) is 0 Å². The fourth-order valence-electron chi connectivity index (χ4n) is 1.43. The number of hydrogen-bond donors (Lipinski definition) is 1. The van der Waals surface area contributed by atoms with Crippen LogP contribution in [-0.4, -0.2) is 22.6 Å². The molecule has 1 rings (SSSR count). The number of rotatable bonds is 0. The molecule has 2 nitrogen and oxygen atoms in total. The highest BCUT2D eigenvalue weighted by atomic mass is 32.1. The Labute approximate surface area is 67.4 Å². The molecule has 58 valence electrons. The van der Waals surface area contributed by atoms with Gasteiger partial charge in [0.25, 0.3) is 0 Å². The third-order valence-corrected chi connectivity index (χ3v) is 2.32. The minimum Gasteiger partial charge on any atom is -0.376 e. The molecular formula is C7H14N2S. The fraction of sp³-hybridized carbons (Fsp3) is 0.857. The molecule has 10 heavy (non-hydrogen) atoms. The lowest BCUT2D eigenvalue weighted by Crippen LogP contribution is -2.44. The molecule has 0 aromatic rings. The van der Waals surface area contributed by atoms with Gasteiger partial charge < -0.3 is 10.6 Å². The minimum absolute atomic E-state index is 0.561. The average molecular weight is 158 g/mol. The van der Waals surface area contributed by atoms with Crippen molar-refractivity contribution in [3.63, 3.8) is 0 Å². The Morgan fingerprint density at radius 2 is 2.30 bits per heavy atom. The topological polar surface area (TPSA) is 29.3 Å². The van der Waals surface area contributed by atoms with E-state index >= 15 is 0 Å². The molecule has 0 spiro atoms. The van der Waals surface area contributed by atoms with Crippen LogP contribution in [0.3, 0.4) is 0 Å². The summed E-state index contributed by atoms with van der Waals surface area (Å²) in [5.74, 6) is 0. The molecule has 0 unspecified atom stereocenters. The second-order valence-electron chi connectivity index (χ2n) is 2.88. The van der Waals surface area contributed by atoms with Crippen molar-refractivity contribution in [1.82, 2.24) is 4.90 Å². The third kappa shape index (κ3) is 1.59. The Morgan fingerprint density at radius 3 is 2.70 bits per heavy atom. The number of nitrogens with two attached hydrogens (primary N) is 1. The first-order chi connectivity index (χ1) is 4.72. The van der Waals surface area contributed by atoms with Crippen LogP contribution >= 0.6 is 12.2 Å². The molecule has 0 saturated carbocycles. The van der Waals surface area contributed by atoms with E-state index in [-0.39, 0.29) is 0 Å². The first kappa shape index (κ1) is 7.79. The standard InChI is InChI=1S/C7H14N2S/c1-6-4-2-3-5-9(6)7(8)10/h6H,2-5H2,1H3,(H2,8,10)/t6-/m0/s1. The van der Waals surface area contributed by atoms with E-state index in [1.54, 1.807) is 0 Å². The second-order valence-corrected chi connectivity index (χ2v) is 3.29. The summed E-state index contributed by atoms with van der Waals surface area (Å²) in [5, 5.41) is 0.562. The molecule has 0 radical (unpaired) electrons. The van der Waals surface area contributed by atoms with Crippen molar-refractivity contribution in [2.24, 2.45) is 5.73 Å². The maximum atomic E-state index is 5.51. The van der Waals surface area contributed by atoms with Gasteiger partial charge in [-0.05, 0) is 38.4 Å². The van der Waals surface area contributed by atoms with Crippen molar-refractivity contribution in [2.45, 2.75) is 32.2 Å². The Balaban J connectivity index is 2.47. The van der Waals surface area contributed by atoms with Crippen molar-refractivity contribution in [3.8, 4) is 0 Å². The van der Waals surface area contributed by atoms with Gasteiger partial charge in [0.05, 0.1) is 0 Å². The van der Waals surface area contributed by atoms with E-state index in [9.17, 15) is 0 Å². The van der Waals surface area contributed by atoms with E-state index in [0.29, 0.717) is 11.2 Å². The molecule has 0 amide bonds. The largest absolute Gasteiger partial charge is 0.376 e. The minimum atomic E-state index is 0.561. The zero-order valence-corrected chi connectivity index (χ0v) is 7.16. The third-order valence-electron chi connectivity index (χ3n) is 2.09. The summed E-state index contributed by atoms with van der Waals surface area (Å²) >= 11 is 4.90. The van der Waals surface area contributed by atoms with Crippen molar-refractivity contribution in [2.75, 3.05) is 6.54 Å². The molecule has 1 heterocycles. The molecule has 1 saturated heterocycles. The maximum Gasteiger partial charge on any atom is 0.166 e. The van der Waals surface area contributed by atoms with Gasteiger partial charge in [0.2, 0.25) is 0 Å². The molecule has 1 atom stereocenters. The predicted molar refractivity (Wildman–Crippen MR) is 46.8 cm³/mol. The summed E-state index contributed by atoms with van der Waals surface area (Å²) in [6.07, 6.45) is 3.79. The van der Waals surface area contributed by atoms with Gasteiger partial charge in [-0.2, -0.15) is 0 Å². The number of nitrogens with zero attached hydrogens (tertiary/aromatic N) is 1. The highest BCUT2D eigenvalue weighted by Crippen LogP contribution is 2.15. The Kier molecular flexibility index (Phi) is 2.49. The molecule has 0 bridgehead atoms. The van der Waals surface area contributed by atoms with Gasteiger partial charge in [-0.25, -0.2) is 0 Å². The first-order valence-corrected chi connectivity index (χ1v) is 4.18. The highest BCUT2D eigenvalue weighted by molar-refractivity contribution is 7.80. The molecule has 0 aromatic carbocycles. The van der Waals surface area contributed by atoms with E-state index in [2.05, 4.69) is 11.8 Å². The van der Waals surface area contributed by atoms with E-state index < -0.39 is 0 Å². The van der Waals surface area contributed by atoms with Gasteiger partial charge in [-0.1, -0.05) is 0 Å². The number of likely N-dealkylation sites (tertiary alicyclic amines) is 1. The van der Waals surface area contributed by atoms with Crippen molar-refractivity contribution in [1.29, 1.82) is 0 Å². The fourth-order valence-corrected chi connectivity index (χ4v) is 1.70. The SMILES string of the molecule is C[C@H]1CCCCN1C(N)=S. The van der Waals surface area contributed by atoms with Gasteiger partial charge in [-0.3, -0.25) is 0 Å². The van der Waals surface area contributed by atoms with Crippen LogP contribution < -0.4 is 5.73 Å².